The molecule has 3 rings (SSSR count). The molecule has 4 heteroatoms. The second kappa shape index (κ2) is 3.40. The smallest absolute Gasteiger partial charge is 0.149 e. The molecule has 0 amide bonds. The number of para-hydroxylation sites is 1. The fraction of sp³-hybridized carbons (Fsp3) is 0. The predicted molar refractivity (Wildman–Crippen MR) is 59.5 cm³/mol. The summed E-state index contributed by atoms with van der Waals surface area (Å²) in [5.74, 6) is 0. The van der Waals surface area contributed by atoms with Gasteiger partial charge in [-0.15, -0.1) is 10.2 Å². The van der Waals surface area contributed by atoms with Crippen LogP contribution in [-0.4, -0.2) is 15.2 Å². The number of pyridine rings is 1. The standard InChI is InChI=1S/C11H6N3S/c1-2-4-10-8(3-1)5-9(6-12-10)11-14-13-7-15-11/h1-5,7H. The van der Waals surface area contributed by atoms with Crippen LogP contribution in [0.1, 0.15) is 0 Å². The lowest BCUT2D eigenvalue weighted by molar-refractivity contribution is 1.09. The Labute approximate surface area is 90.4 Å². The highest BCUT2D eigenvalue weighted by molar-refractivity contribution is 7.12. The Kier molecular flexibility index (Phi) is 1.93. The lowest BCUT2D eigenvalue weighted by Crippen LogP contribution is -1.82. The lowest BCUT2D eigenvalue weighted by atomic mass is 10.2. The highest BCUT2D eigenvalue weighted by Gasteiger charge is 2.03. The number of benzene rings is 1. The first-order valence-corrected chi connectivity index (χ1v) is 5.35. The molecule has 0 saturated heterocycles. The summed E-state index contributed by atoms with van der Waals surface area (Å²) >= 11 is 1.49. The highest BCUT2D eigenvalue weighted by atomic mass is 32.1. The summed E-state index contributed by atoms with van der Waals surface area (Å²) in [6.45, 7) is 0. The van der Waals surface area contributed by atoms with E-state index in [1.165, 1.54) is 11.3 Å². The maximum atomic E-state index is 4.25. The van der Waals surface area contributed by atoms with Crippen LogP contribution in [0.2, 0.25) is 0 Å². The summed E-state index contributed by atoms with van der Waals surface area (Å²) in [7, 11) is 0. The van der Waals surface area contributed by atoms with Gasteiger partial charge in [0.25, 0.3) is 0 Å². The largest absolute Gasteiger partial charge is 0.245 e. The lowest BCUT2D eigenvalue weighted by Gasteiger charge is -1.97. The zero-order valence-corrected chi connectivity index (χ0v) is 8.53. The Morgan fingerprint density at radius 1 is 1.20 bits per heavy atom. The Bertz CT molecular complexity index is 590. The molecule has 15 heavy (non-hydrogen) atoms. The van der Waals surface area contributed by atoms with Crippen LogP contribution in [0.25, 0.3) is 21.5 Å². The number of nitrogens with zero attached hydrogens (tertiary/aromatic N) is 3. The van der Waals surface area contributed by atoms with Crippen molar-refractivity contribution in [3.63, 3.8) is 0 Å². The molecule has 0 bridgehead atoms. The van der Waals surface area contributed by atoms with Crippen molar-refractivity contribution in [3.05, 3.63) is 42.0 Å². The van der Waals surface area contributed by atoms with Gasteiger partial charge in [0.15, 0.2) is 0 Å². The first kappa shape index (κ1) is 8.49. The topological polar surface area (TPSA) is 38.7 Å². The van der Waals surface area contributed by atoms with E-state index in [0.29, 0.717) is 0 Å². The molecule has 0 atom stereocenters. The average molecular weight is 212 g/mol. The van der Waals surface area contributed by atoms with Gasteiger partial charge in [-0.3, -0.25) is 0 Å². The molecule has 0 aliphatic carbocycles. The third-order valence-corrected chi connectivity index (χ3v) is 2.85. The minimum atomic E-state index is 0.855. The van der Waals surface area contributed by atoms with Gasteiger partial charge in [0.2, 0.25) is 0 Å². The Balaban J connectivity index is 2.22. The maximum Gasteiger partial charge on any atom is 0.149 e. The van der Waals surface area contributed by atoms with Gasteiger partial charge in [0.05, 0.1) is 5.52 Å². The fourth-order valence-electron chi connectivity index (χ4n) is 1.42. The van der Waals surface area contributed by atoms with E-state index in [2.05, 4.69) is 21.4 Å². The molecule has 0 N–H and O–H groups in total. The normalized spacial score (nSPS) is 10.7. The van der Waals surface area contributed by atoms with Gasteiger partial charge in [-0.05, 0) is 12.1 Å². The molecule has 0 unspecified atom stereocenters. The van der Waals surface area contributed by atoms with E-state index >= 15 is 0 Å². The van der Waals surface area contributed by atoms with E-state index < -0.39 is 0 Å². The number of hydrogen-bond donors (Lipinski definition) is 0. The van der Waals surface area contributed by atoms with Gasteiger partial charge >= 0.3 is 0 Å². The molecule has 0 spiro atoms. The van der Waals surface area contributed by atoms with Crippen LogP contribution in [0.4, 0.5) is 0 Å². The SMILES string of the molecule is [c]1nc2ccccc2cc1-c1nncs1. The van der Waals surface area contributed by atoms with Gasteiger partial charge < -0.3 is 0 Å². The summed E-state index contributed by atoms with van der Waals surface area (Å²) in [5.41, 5.74) is 3.56. The Hall–Kier alpha value is -1.81. The first-order valence-electron chi connectivity index (χ1n) is 4.47. The van der Waals surface area contributed by atoms with Crippen molar-refractivity contribution in [1.82, 2.24) is 15.2 Å². The van der Waals surface area contributed by atoms with Crippen molar-refractivity contribution in [3.8, 4) is 10.6 Å². The fourth-order valence-corrected chi connectivity index (χ4v) is 1.94. The van der Waals surface area contributed by atoms with Gasteiger partial charge in [0, 0.05) is 10.9 Å². The molecule has 0 fully saturated rings. The van der Waals surface area contributed by atoms with E-state index in [-0.39, 0.29) is 0 Å². The molecule has 1 radical (unpaired) electrons. The van der Waals surface area contributed by atoms with Crippen molar-refractivity contribution >= 4 is 22.2 Å². The van der Waals surface area contributed by atoms with E-state index in [1.54, 1.807) is 5.51 Å². The van der Waals surface area contributed by atoms with Crippen molar-refractivity contribution in [2.75, 3.05) is 0 Å². The molecule has 71 valence electrons. The molecule has 2 heterocycles. The van der Waals surface area contributed by atoms with Crippen LogP contribution in [0.3, 0.4) is 0 Å². The summed E-state index contributed by atoms with van der Waals surface area (Å²) in [6, 6.07) is 9.99. The van der Waals surface area contributed by atoms with Crippen LogP contribution in [-0.2, 0) is 0 Å². The van der Waals surface area contributed by atoms with Crippen molar-refractivity contribution in [2.24, 2.45) is 0 Å². The van der Waals surface area contributed by atoms with Crippen LogP contribution in [0, 0.1) is 6.20 Å². The second-order valence-corrected chi connectivity index (χ2v) is 3.92. The van der Waals surface area contributed by atoms with Crippen LogP contribution in [0.5, 0.6) is 0 Å². The zero-order chi connectivity index (χ0) is 10.1. The Morgan fingerprint density at radius 3 is 3.00 bits per heavy atom. The third-order valence-electron chi connectivity index (χ3n) is 2.12. The average Bonchev–Trinajstić information content (AvgIpc) is 2.82. The van der Waals surface area contributed by atoms with Gasteiger partial charge in [-0.2, -0.15) is 0 Å². The van der Waals surface area contributed by atoms with E-state index in [9.17, 15) is 0 Å². The number of fused-ring (bicyclic) bond motifs is 1. The first-order chi connectivity index (χ1) is 7.43. The van der Waals surface area contributed by atoms with Gasteiger partial charge in [-0.25, -0.2) is 4.98 Å². The van der Waals surface area contributed by atoms with Crippen LogP contribution >= 0.6 is 11.3 Å². The molecular weight excluding hydrogens is 206 g/mol. The number of rotatable bonds is 1. The van der Waals surface area contributed by atoms with E-state index in [1.807, 2.05) is 30.3 Å². The molecule has 0 aliphatic heterocycles. The zero-order valence-electron chi connectivity index (χ0n) is 7.71. The van der Waals surface area contributed by atoms with Gasteiger partial charge in [-0.1, -0.05) is 29.5 Å². The minimum Gasteiger partial charge on any atom is -0.245 e. The number of aromatic nitrogens is 3. The van der Waals surface area contributed by atoms with Crippen LogP contribution < -0.4 is 0 Å². The molecule has 0 saturated carbocycles. The maximum absolute atomic E-state index is 4.25. The molecule has 1 aromatic carbocycles. The monoisotopic (exact) mass is 212 g/mol. The number of hydrogen-bond acceptors (Lipinski definition) is 4. The quantitative estimate of drug-likeness (QED) is 0.622. The minimum absolute atomic E-state index is 0.855. The molecule has 3 nitrogen and oxygen atoms in total. The molecule has 2 aromatic heterocycles. The van der Waals surface area contributed by atoms with Crippen molar-refractivity contribution in [1.29, 1.82) is 0 Å². The second-order valence-electron chi connectivity index (χ2n) is 3.08. The third kappa shape index (κ3) is 1.49. The predicted octanol–water partition coefficient (Wildman–Crippen LogP) is 2.55. The van der Waals surface area contributed by atoms with Crippen molar-refractivity contribution < 1.29 is 0 Å². The van der Waals surface area contributed by atoms with Crippen LogP contribution in [0.15, 0.2) is 35.8 Å². The summed E-state index contributed by atoms with van der Waals surface area (Å²) in [5, 5.41) is 9.74. The Morgan fingerprint density at radius 2 is 2.13 bits per heavy atom. The summed E-state index contributed by atoms with van der Waals surface area (Å²) in [4.78, 5) is 4.25. The van der Waals surface area contributed by atoms with Crippen molar-refractivity contribution in [2.45, 2.75) is 0 Å². The highest BCUT2D eigenvalue weighted by Crippen LogP contribution is 2.22. The van der Waals surface area contributed by atoms with Gasteiger partial charge in [0.1, 0.15) is 16.7 Å². The summed E-state index contributed by atoms with van der Waals surface area (Å²) < 4.78 is 0. The molecular formula is C11H6N3S. The van der Waals surface area contributed by atoms with E-state index in [4.69, 9.17) is 0 Å². The molecule has 3 aromatic rings. The summed E-state index contributed by atoms with van der Waals surface area (Å²) in [6.07, 6.45) is 2.97. The van der Waals surface area contributed by atoms with E-state index in [0.717, 1.165) is 21.5 Å². The molecule has 0 aliphatic rings.